The van der Waals surface area contributed by atoms with Crippen LogP contribution >= 0.6 is 0 Å². The van der Waals surface area contributed by atoms with E-state index < -0.39 is 11.7 Å². The molecule has 0 aliphatic heterocycles. The summed E-state index contributed by atoms with van der Waals surface area (Å²) in [5, 5.41) is 11.0. The van der Waals surface area contributed by atoms with Crippen molar-refractivity contribution in [2.24, 2.45) is 0 Å². The summed E-state index contributed by atoms with van der Waals surface area (Å²) < 4.78 is 16.4. The van der Waals surface area contributed by atoms with Crippen LogP contribution in [-0.4, -0.2) is 32.0 Å². The molecule has 0 heterocycles. The van der Waals surface area contributed by atoms with E-state index in [1.807, 2.05) is 12.1 Å². The van der Waals surface area contributed by atoms with E-state index >= 15 is 0 Å². The number of benzene rings is 1. The van der Waals surface area contributed by atoms with E-state index in [4.69, 9.17) is 14.2 Å². The Hall–Kier alpha value is -1.26. The van der Waals surface area contributed by atoms with Gasteiger partial charge in [-0.05, 0) is 25.0 Å². The quantitative estimate of drug-likeness (QED) is 0.845. The molecule has 1 aliphatic rings. The van der Waals surface area contributed by atoms with Crippen LogP contribution in [0.2, 0.25) is 0 Å². The van der Waals surface area contributed by atoms with Crippen LogP contribution in [0.5, 0.6) is 11.5 Å². The number of aliphatic hydroxyl groups excluding tert-OH is 1. The summed E-state index contributed by atoms with van der Waals surface area (Å²) in [6.45, 7) is 0. The average Bonchev–Trinajstić information content (AvgIpc) is 2.80. The van der Waals surface area contributed by atoms with Gasteiger partial charge < -0.3 is 19.3 Å². The highest BCUT2D eigenvalue weighted by molar-refractivity contribution is 5.43. The molecular weight excluding hydrogens is 268 g/mol. The van der Waals surface area contributed by atoms with Gasteiger partial charge in [-0.3, -0.25) is 0 Å². The number of hydrogen-bond acceptors (Lipinski definition) is 4. The Morgan fingerprint density at radius 1 is 1.00 bits per heavy atom. The van der Waals surface area contributed by atoms with Crippen LogP contribution in [0.1, 0.15) is 50.2 Å². The molecule has 1 fully saturated rings. The third-order valence-electron chi connectivity index (χ3n) is 4.59. The highest BCUT2D eigenvalue weighted by Crippen LogP contribution is 2.43. The van der Waals surface area contributed by atoms with Crippen molar-refractivity contribution in [1.82, 2.24) is 0 Å². The van der Waals surface area contributed by atoms with Crippen LogP contribution in [-0.2, 0) is 4.74 Å². The highest BCUT2D eigenvalue weighted by atomic mass is 16.5. The molecule has 1 aromatic carbocycles. The van der Waals surface area contributed by atoms with Crippen molar-refractivity contribution in [2.75, 3.05) is 21.3 Å². The summed E-state index contributed by atoms with van der Waals surface area (Å²) in [7, 11) is 4.93. The number of rotatable bonds is 5. The van der Waals surface area contributed by atoms with Gasteiger partial charge in [0.1, 0.15) is 17.6 Å². The minimum absolute atomic E-state index is 0.516. The Kier molecular flexibility index (Phi) is 5.48. The van der Waals surface area contributed by atoms with Crippen molar-refractivity contribution in [3.63, 3.8) is 0 Å². The Balaban J connectivity index is 2.34. The molecule has 0 aromatic heterocycles. The van der Waals surface area contributed by atoms with Gasteiger partial charge in [-0.2, -0.15) is 0 Å². The molecule has 1 unspecified atom stereocenters. The first-order valence-electron chi connectivity index (χ1n) is 7.62. The van der Waals surface area contributed by atoms with Crippen LogP contribution in [0.3, 0.4) is 0 Å². The Morgan fingerprint density at radius 3 is 2.19 bits per heavy atom. The molecule has 1 aliphatic carbocycles. The lowest BCUT2D eigenvalue weighted by Gasteiger charge is -2.37. The molecule has 1 aromatic rings. The van der Waals surface area contributed by atoms with Crippen molar-refractivity contribution >= 4 is 0 Å². The van der Waals surface area contributed by atoms with Crippen molar-refractivity contribution in [2.45, 2.75) is 50.2 Å². The smallest absolute Gasteiger partial charge is 0.128 e. The second kappa shape index (κ2) is 7.14. The molecular formula is C17H26O4. The van der Waals surface area contributed by atoms with Gasteiger partial charge >= 0.3 is 0 Å². The Bertz CT molecular complexity index is 450. The molecule has 4 heteroatoms. The lowest BCUT2D eigenvalue weighted by molar-refractivity contribution is -0.114. The SMILES string of the molecule is COc1ccc(C(O)C2(OC)CCCCCC2)c(OC)c1. The molecule has 0 spiro atoms. The second-order valence-corrected chi connectivity index (χ2v) is 5.69. The molecule has 0 radical (unpaired) electrons. The van der Waals surface area contributed by atoms with Gasteiger partial charge in [0.05, 0.1) is 19.8 Å². The Morgan fingerprint density at radius 2 is 1.67 bits per heavy atom. The summed E-state index contributed by atoms with van der Waals surface area (Å²) in [6, 6.07) is 5.52. The van der Waals surface area contributed by atoms with Gasteiger partial charge in [0, 0.05) is 18.7 Å². The fourth-order valence-corrected chi connectivity index (χ4v) is 3.24. The first kappa shape index (κ1) is 16.1. The minimum atomic E-state index is -0.693. The topological polar surface area (TPSA) is 47.9 Å². The van der Waals surface area contributed by atoms with Crippen LogP contribution in [0.4, 0.5) is 0 Å². The molecule has 2 rings (SSSR count). The Labute approximate surface area is 127 Å². The second-order valence-electron chi connectivity index (χ2n) is 5.69. The van der Waals surface area contributed by atoms with Gasteiger partial charge in [0.15, 0.2) is 0 Å². The predicted octanol–water partition coefficient (Wildman–Crippen LogP) is 3.48. The number of ether oxygens (including phenoxy) is 3. The lowest BCUT2D eigenvalue weighted by atomic mass is 9.84. The summed E-state index contributed by atoms with van der Waals surface area (Å²) in [4.78, 5) is 0. The highest BCUT2D eigenvalue weighted by Gasteiger charge is 2.40. The lowest BCUT2D eigenvalue weighted by Crippen LogP contribution is -2.38. The van der Waals surface area contributed by atoms with E-state index in [9.17, 15) is 5.11 Å². The van der Waals surface area contributed by atoms with Crippen LogP contribution in [0.15, 0.2) is 18.2 Å². The van der Waals surface area contributed by atoms with E-state index in [2.05, 4.69) is 0 Å². The van der Waals surface area contributed by atoms with E-state index in [-0.39, 0.29) is 0 Å². The third-order valence-corrected chi connectivity index (χ3v) is 4.59. The van der Waals surface area contributed by atoms with Crippen LogP contribution in [0.25, 0.3) is 0 Å². The monoisotopic (exact) mass is 294 g/mol. The first-order chi connectivity index (χ1) is 10.2. The standard InChI is InChI=1S/C17H26O4/c1-19-13-8-9-14(15(12-13)20-2)16(18)17(21-3)10-6-4-5-7-11-17/h8-9,12,16,18H,4-7,10-11H2,1-3H3. The summed E-state index contributed by atoms with van der Waals surface area (Å²) in [6.07, 6.45) is 5.64. The van der Waals surface area contributed by atoms with Crippen molar-refractivity contribution in [1.29, 1.82) is 0 Å². The molecule has 21 heavy (non-hydrogen) atoms. The fourth-order valence-electron chi connectivity index (χ4n) is 3.24. The summed E-state index contributed by atoms with van der Waals surface area (Å²) >= 11 is 0. The zero-order valence-electron chi connectivity index (χ0n) is 13.2. The molecule has 1 saturated carbocycles. The van der Waals surface area contributed by atoms with Crippen molar-refractivity contribution in [3.8, 4) is 11.5 Å². The van der Waals surface area contributed by atoms with E-state index in [1.54, 1.807) is 27.4 Å². The molecule has 4 nitrogen and oxygen atoms in total. The largest absolute Gasteiger partial charge is 0.497 e. The average molecular weight is 294 g/mol. The van der Waals surface area contributed by atoms with Crippen LogP contribution < -0.4 is 9.47 Å². The van der Waals surface area contributed by atoms with E-state index in [0.29, 0.717) is 5.75 Å². The third kappa shape index (κ3) is 3.33. The van der Waals surface area contributed by atoms with Crippen molar-refractivity contribution in [3.05, 3.63) is 23.8 Å². The normalized spacial score (nSPS) is 19.6. The number of aliphatic hydroxyl groups is 1. The molecule has 1 N–H and O–H groups in total. The van der Waals surface area contributed by atoms with Gasteiger partial charge in [-0.1, -0.05) is 25.7 Å². The van der Waals surface area contributed by atoms with E-state index in [0.717, 1.165) is 37.0 Å². The van der Waals surface area contributed by atoms with Gasteiger partial charge in [-0.25, -0.2) is 0 Å². The number of methoxy groups -OCH3 is 3. The minimum Gasteiger partial charge on any atom is -0.497 e. The van der Waals surface area contributed by atoms with Gasteiger partial charge in [-0.15, -0.1) is 0 Å². The van der Waals surface area contributed by atoms with E-state index in [1.165, 1.54) is 12.8 Å². The summed E-state index contributed by atoms with van der Waals surface area (Å²) in [5.41, 5.74) is 0.250. The van der Waals surface area contributed by atoms with Gasteiger partial charge in [0.25, 0.3) is 0 Å². The molecule has 0 amide bonds. The zero-order valence-corrected chi connectivity index (χ0v) is 13.2. The predicted molar refractivity (Wildman–Crippen MR) is 81.9 cm³/mol. The maximum Gasteiger partial charge on any atom is 0.128 e. The molecule has 0 saturated heterocycles. The maximum atomic E-state index is 11.0. The molecule has 118 valence electrons. The fraction of sp³-hybridized carbons (Fsp3) is 0.647. The zero-order chi connectivity index (χ0) is 15.3. The maximum absolute atomic E-state index is 11.0. The van der Waals surface area contributed by atoms with Gasteiger partial charge in [0.2, 0.25) is 0 Å². The molecule has 1 atom stereocenters. The molecule has 0 bridgehead atoms. The number of hydrogen-bond donors (Lipinski definition) is 1. The van der Waals surface area contributed by atoms with Crippen LogP contribution in [0, 0.1) is 0 Å². The van der Waals surface area contributed by atoms with Crippen molar-refractivity contribution < 1.29 is 19.3 Å². The summed E-state index contributed by atoms with van der Waals surface area (Å²) in [5.74, 6) is 1.36. The first-order valence-corrected chi connectivity index (χ1v) is 7.62.